The Kier molecular flexibility index (Phi) is 9.58. The highest BCUT2D eigenvalue weighted by molar-refractivity contribution is 9.10. The van der Waals surface area contributed by atoms with E-state index in [0.717, 1.165) is 11.1 Å². The third kappa shape index (κ3) is 7.53. The summed E-state index contributed by atoms with van der Waals surface area (Å²) in [6, 6.07) is 19.0. The van der Waals surface area contributed by atoms with E-state index >= 15 is 0 Å². The molecular formula is C28H24BrN3O5. The third-order valence-electron chi connectivity index (χ3n) is 5.30. The molecule has 0 aliphatic heterocycles. The maximum atomic E-state index is 12.6. The molecular weight excluding hydrogens is 538 g/mol. The molecule has 9 heteroatoms. The molecule has 188 valence electrons. The number of nitro groups is 1. The van der Waals surface area contributed by atoms with E-state index in [1.165, 1.54) is 18.2 Å². The fourth-order valence-electron chi connectivity index (χ4n) is 3.48. The second-order valence-electron chi connectivity index (χ2n) is 7.90. The van der Waals surface area contributed by atoms with Crippen molar-refractivity contribution in [3.05, 3.63) is 116 Å². The summed E-state index contributed by atoms with van der Waals surface area (Å²) in [5.41, 5.74) is 2.86. The minimum atomic E-state index is -0.495. The summed E-state index contributed by atoms with van der Waals surface area (Å²) in [5, 5.41) is 23.4. The number of allylic oxidation sites excluding steroid dienone is 1. The lowest BCUT2D eigenvalue weighted by Crippen LogP contribution is -2.23. The molecule has 37 heavy (non-hydrogen) atoms. The van der Waals surface area contributed by atoms with Gasteiger partial charge in [0.2, 0.25) is 0 Å². The monoisotopic (exact) mass is 561 g/mol. The zero-order chi connectivity index (χ0) is 26.8. The lowest BCUT2D eigenvalue weighted by molar-refractivity contribution is -0.384. The maximum Gasteiger partial charge on any atom is 0.269 e. The fourth-order valence-corrected chi connectivity index (χ4v) is 4.11. The van der Waals surface area contributed by atoms with Crippen molar-refractivity contribution in [1.82, 2.24) is 5.32 Å². The number of nitriles is 1. The van der Waals surface area contributed by atoms with Crippen LogP contribution in [0.25, 0.3) is 6.08 Å². The van der Waals surface area contributed by atoms with Gasteiger partial charge in [-0.25, -0.2) is 0 Å². The van der Waals surface area contributed by atoms with Crippen LogP contribution in [0.4, 0.5) is 5.69 Å². The zero-order valence-corrected chi connectivity index (χ0v) is 21.7. The Balaban J connectivity index is 1.77. The van der Waals surface area contributed by atoms with Crippen LogP contribution in [0, 0.1) is 21.4 Å². The van der Waals surface area contributed by atoms with Crippen molar-refractivity contribution in [2.45, 2.75) is 19.6 Å². The molecule has 3 aromatic rings. The van der Waals surface area contributed by atoms with Crippen LogP contribution in [-0.2, 0) is 24.4 Å². The first-order valence-electron chi connectivity index (χ1n) is 11.2. The number of nitro benzene ring substituents is 1. The molecule has 3 aromatic carbocycles. The van der Waals surface area contributed by atoms with Gasteiger partial charge in [-0.1, -0.05) is 30.3 Å². The van der Waals surface area contributed by atoms with Crippen molar-refractivity contribution in [1.29, 1.82) is 5.26 Å². The average molecular weight is 562 g/mol. The Morgan fingerprint density at radius 1 is 1.19 bits per heavy atom. The molecule has 1 amide bonds. The number of nitrogens with one attached hydrogen (secondary N) is 1. The first-order valence-corrected chi connectivity index (χ1v) is 12.0. The number of carbonyl (C=O) groups excluding carboxylic acids is 1. The highest BCUT2D eigenvalue weighted by atomic mass is 79.9. The predicted molar refractivity (Wildman–Crippen MR) is 144 cm³/mol. The van der Waals surface area contributed by atoms with E-state index in [1.54, 1.807) is 43.5 Å². The minimum Gasteiger partial charge on any atom is -0.497 e. The highest BCUT2D eigenvalue weighted by Gasteiger charge is 2.14. The van der Waals surface area contributed by atoms with Crippen molar-refractivity contribution >= 4 is 33.6 Å². The molecule has 0 spiro atoms. The van der Waals surface area contributed by atoms with Crippen molar-refractivity contribution in [3.63, 3.8) is 0 Å². The van der Waals surface area contributed by atoms with Crippen LogP contribution in [-0.4, -0.2) is 17.9 Å². The molecule has 0 bridgehead atoms. The number of amides is 1. The zero-order valence-electron chi connectivity index (χ0n) is 20.1. The van der Waals surface area contributed by atoms with Gasteiger partial charge in [-0.2, -0.15) is 5.26 Å². The van der Waals surface area contributed by atoms with Gasteiger partial charge in [0.15, 0.2) is 0 Å². The molecule has 0 saturated heterocycles. The Bertz CT molecular complexity index is 1380. The number of rotatable bonds is 11. The highest BCUT2D eigenvalue weighted by Crippen LogP contribution is 2.33. The van der Waals surface area contributed by atoms with Crippen molar-refractivity contribution < 1.29 is 19.2 Å². The van der Waals surface area contributed by atoms with Crippen molar-refractivity contribution in [3.8, 4) is 17.6 Å². The number of nitrogens with zero attached hydrogens (tertiary/aromatic N) is 2. The first-order chi connectivity index (χ1) is 17.8. The minimum absolute atomic E-state index is 0.0127. The lowest BCUT2D eigenvalue weighted by atomic mass is 10.0. The van der Waals surface area contributed by atoms with Crippen LogP contribution in [0.3, 0.4) is 0 Å². The molecule has 0 heterocycles. The molecule has 0 aliphatic carbocycles. The normalized spacial score (nSPS) is 10.8. The topological polar surface area (TPSA) is 114 Å². The van der Waals surface area contributed by atoms with Crippen LogP contribution in [0.1, 0.15) is 22.3 Å². The molecule has 0 atom stereocenters. The Morgan fingerprint density at radius 3 is 2.59 bits per heavy atom. The fraction of sp³-hybridized carbons (Fsp3) is 0.143. The molecule has 0 unspecified atom stereocenters. The third-order valence-corrected chi connectivity index (χ3v) is 5.89. The van der Waals surface area contributed by atoms with E-state index in [1.807, 2.05) is 24.3 Å². The summed E-state index contributed by atoms with van der Waals surface area (Å²) < 4.78 is 11.7. The standard InChI is InChI=1S/C28H24BrN3O5/c1-3-5-22-12-21(13-23(16-30)28(33)31-17-19-8-10-25(36-2)11-9-19)15-26(29)27(22)37-18-20-6-4-7-24(14-20)32(34)35/h3-4,6-15H,1,5,17-18H2,2H3,(H,31,33)/b23-13-. The van der Waals surface area contributed by atoms with Crippen molar-refractivity contribution in [2.24, 2.45) is 0 Å². The van der Waals surface area contributed by atoms with E-state index in [9.17, 15) is 20.2 Å². The number of benzene rings is 3. The number of carbonyl (C=O) groups is 1. The molecule has 0 radical (unpaired) electrons. The number of methoxy groups -OCH3 is 1. The van der Waals surface area contributed by atoms with Gasteiger partial charge < -0.3 is 14.8 Å². The van der Waals surface area contributed by atoms with E-state index in [0.29, 0.717) is 33.5 Å². The Hall–Kier alpha value is -4.42. The molecule has 1 N–H and O–H groups in total. The van der Waals surface area contributed by atoms with Crippen LogP contribution < -0.4 is 14.8 Å². The summed E-state index contributed by atoms with van der Waals surface area (Å²) in [4.78, 5) is 23.2. The number of non-ortho nitro benzene ring substituents is 1. The Labute approximate surface area is 223 Å². The van der Waals surface area contributed by atoms with Gasteiger partial charge in [0.1, 0.15) is 29.7 Å². The molecule has 0 saturated carbocycles. The number of hydrogen-bond acceptors (Lipinski definition) is 6. The van der Waals surface area contributed by atoms with Crippen LogP contribution in [0.15, 0.2) is 83.4 Å². The first kappa shape index (κ1) is 27.2. The summed E-state index contributed by atoms with van der Waals surface area (Å²) in [6.07, 6.45) is 3.68. The maximum absolute atomic E-state index is 12.6. The second kappa shape index (κ2) is 13.0. The summed E-state index contributed by atoms with van der Waals surface area (Å²) >= 11 is 3.51. The quantitative estimate of drug-likeness (QED) is 0.102. The van der Waals surface area contributed by atoms with Gasteiger partial charge in [0, 0.05) is 18.7 Å². The van der Waals surface area contributed by atoms with E-state index in [-0.39, 0.29) is 24.4 Å². The van der Waals surface area contributed by atoms with Crippen LogP contribution in [0.5, 0.6) is 11.5 Å². The van der Waals surface area contributed by atoms with E-state index in [4.69, 9.17) is 9.47 Å². The SMILES string of the molecule is C=CCc1cc(/C=C(/C#N)C(=O)NCc2ccc(OC)cc2)cc(Br)c1OCc1cccc([N+](=O)[O-])c1. The molecule has 8 nitrogen and oxygen atoms in total. The average Bonchev–Trinajstić information content (AvgIpc) is 2.90. The van der Waals surface area contributed by atoms with Gasteiger partial charge >= 0.3 is 0 Å². The number of halogens is 1. The van der Waals surface area contributed by atoms with Gasteiger partial charge in [-0.15, -0.1) is 6.58 Å². The molecule has 0 fully saturated rings. The van der Waals surface area contributed by atoms with Crippen LogP contribution >= 0.6 is 15.9 Å². The number of ether oxygens (including phenoxy) is 2. The Morgan fingerprint density at radius 2 is 1.95 bits per heavy atom. The van der Waals surface area contributed by atoms with Gasteiger partial charge in [-0.05, 0) is 74.9 Å². The van der Waals surface area contributed by atoms with Crippen LogP contribution in [0.2, 0.25) is 0 Å². The van der Waals surface area contributed by atoms with Gasteiger partial charge in [0.05, 0.1) is 16.5 Å². The molecule has 0 aliphatic rings. The van der Waals surface area contributed by atoms with Gasteiger partial charge in [0.25, 0.3) is 11.6 Å². The summed E-state index contributed by atoms with van der Waals surface area (Å²) in [5.74, 6) is 0.767. The molecule has 0 aromatic heterocycles. The smallest absolute Gasteiger partial charge is 0.269 e. The van der Waals surface area contributed by atoms with Crippen molar-refractivity contribution in [2.75, 3.05) is 7.11 Å². The predicted octanol–water partition coefficient (Wildman–Crippen LogP) is 5.90. The second-order valence-corrected chi connectivity index (χ2v) is 8.75. The number of hydrogen-bond donors (Lipinski definition) is 1. The lowest BCUT2D eigenvalue weighted by Gasteiger charge is -2.14. The summed E-state index contributed by atoms with van der Waals surface area (Å²) in [6.45, 7) is 4.17. The van der Waals surface area contributed by atoms with Gasteiger partial charge in [-0.3, -0.25) is 14.9 Å². The molecule has 3 rings (SSSR count). The van der Waals surface area contributed by atoms with E-state index in [2.05, 4.69) is 27.8 Å². The largest absolute Gasteiger partial charge is 0.497 e. The summed E-state index contributed by atoms with van der Waals surface area (Å²) in [7, 11) is 1.58. The van der Waals surface area contributed by atoms with E-state index < -0.39 is 10.8 Å².